The number of amides is 1. The van der Waals surface area contributed by atoms with Gasteiger partial charge in [0.2, 0.25) is 12.7 Å². The second-order valence-corrected chi connectivity index (χ2v) is 11.9. The van der Waals surface area contributed by atoms with Crippen molar-refractivity contribution in [1.29, 1.82) is 5.26 Å². The molecule has 0 aliphatic carbocycles. The highest BCUT2D eigenvalue weighted by molar-refractivity contribution is 5.82. The van der Waals surface area contributed by atoms with Crippen molar-refractivity contribution >= 4 is 11.9 Å². The van der Waals surface area contributed by atoms with Crippen molar-refractivity contribution in [2.45, 2.75) is 83.3 Å². The number of hydrogen-bond acceptors (Lipinski definition) is 11. The van der Waals surface area contributed by atoms with Crippen LogP contribution in [0.25, 0.3) is 0 Å². The van der Waals surface area contributed by atoms with Gasteiger partial charge in [-0.25, -0.2) is 0 Å². The molecule has 4 aliphatic rings. The number of rotatable bonds is 4. The van der Waals surface area contributed by atoms with Gasteiger partial charge in [0.1, 0.15) is 18.0 Å². The van der Waals surface area contributed by atoms with E-state index in [1.54, 1.807) is 13.8 Å². The third-order valence-electron chi connectivity index (χ3n) is 9.36. The number of aryl methyl sites for hydroxylation is 2. The maximum atomic E-state index is 13.3. The summed E-state index contributed by atoms with van der Waals surface area (Å²) in [4.78, 5) is 29.9. The molecule has 1 amide bonds. The first-order valence-electron chi connectivity index (χ1n) is 14.5. The average Bonchev–Trinajstić information content (AvgIpc) is 3.41. The van der Waals surface area contributed by atoms with Crippen LogP contribution in [0.1, 0.15) is 65.9 Å². The zero-order chi connectivity index (χ0) is 30.9. The van der Waals surface area contributed by atoms with Crippen LogP contribution in [0.4, 0.5) is 0 Å². The first kappa shape index (κ1) is 29.0. The van der Waals surface area contributed by atoms with E-state index in [0.29, 0.717) is 59.0 Å². The fourth-order valence-corrected chi connectivity index (χ4v) is 7.60. The molecule has 1 unspecified atom stereocenters. The summed E-state index contributed by atoms with van der Waals surface area (Å²) < 4.78 is 23.3. The number of likely N-dealkylation sites (N-methyl/N-ethyl adjacent to an activating group) is 1. The Labute approximate surface area is 250 Å². The van der Waals surface area contributed by atoms with E-state index < -0.39 is 42.2 Å². The molecule has 4 N–H and O–H groups in total. The number of aromatic hydroxyl groups is 1. The highest BCUT2D eigenvalue weighted by atomic mass is 16.7. The standard InChI is InChI=1S/C31H37N5O7/c1-13-9-17-7-8-19-21(11-32)36-20(24(35(19)5)22(17)25(38)26(13)40-6)10-18-23(30(36)34-31(39)15(3)33)29-28(41-12-42-29)14(2)27(18)43-16(4)37/h9,15,19-21,24,30,38H,7-8,10,12,33H2,1-6H3,(H,34,39)/t15-,19-,20?,21-,24-,30+/m0/s1. The number of ether oxygens (including phenoxy) is 4. The maximum absolute atomic E-state index is 13.3. The highest BCUT2D eigenvalue weighted by Gasteiger charge is 2.56. The van der Waals surface area contributed by atoms with E-state index in [-0.39, 0.29) is 18.6 Å². The number of nitrogens with zero attached hydrogens (tertiary/aromatic N) is 3. The second-order valence-electron chi connectivity index (χ2n) is 11.9. The summed E-state index contributed by atoms with van der Waals surface area (Å²) in [6.45, 7) is 6.58. The van der Waals surface area contributed by atoms with E-state index in [1.165, 1.54) is 14.0 Å². The molecule has 0 radical (unpaired) electrons. The number of carbonyl (C=O) groups is 2. The molecule has 2 bridgehead atoms. The molecule has 0 aromatic heterocycles. The Morgan fingerprint density at radius 2 is 1.93 bits per heavy atom. The Kier molecular flexibility index (Phi) is 7.15. The van der Waals surface area contributed by atoms with Crippen molar-refractivity contribution in [3.8, 4) is 34.8 Å². The van der Waals surface area contributed by atoms with Crippen molar-refractivity contribution in [2.75, 3.05) is 21.0 Å². The van der Waals surface area contributed by atoms with Gasteiger partial charge >= 0.3 is 5.97 Å². The molecule has 12 heteroatoms. The number of carbonyl (C=O) groups excluding carboxylic acids is 2. The third-order valence-corrected chi connectivity index (χ3v) is 9.36. The van der Waals surface area contributed by atoms with E-state index in [2.05, 4.69) is 16.3 Å². The zero-order valence-corrected chi connectivity index (χ0v) is 25.2. The second kappa shape index (κ2) is 10.6. The molecule has 0 spiro atoms. The van der Waals surface area contributed by atoms with Gasteiger partial charge in [-0.2, -0.15) is 5.26 Å². The Morgan fingerprint density at radius 1 is 1.21 bits per heavy atom. The minimum atomic E-state index is -0.864. The predicted octanol–water partition coefficient (Wildman–Crippen LogP) is 2.25. The molecule has 1 fully saturated rings. The number of fused-ring (bicyclic) bond motifs is 9. The summed E-state index contributed by atoms with van der Waals surface area (Å²) in [5.41, 5.74) is 10.4. The molecule has 6 atom stereocenters. The number of nitriles is 1. The molecule has 2 aromatic carbocycles. The molecule has 43 heavy (non-hydrogen) atoms. The molecular formula is C31H37N5O7. The monoisotopic (exact) mass is 591 g/mol. The molecule has 12 nitrogen and oxygen atoms in total. The lowest BCUT2D eigenvalue weighted by Crippen LogP contribution is -2.68. The number of methoxy groups -OCH3 is 1. The van der Waals surface area contributed by atoms with Crippen LogP contribution in [0.15, 0.2) is 6.07 Å². The minimum absolute atomic E-state index is 0.0421. The van der Waals surface area contributed by atoms with E-state index in [4.69, 9.17) is 24.7 Å². The molecule has 2 aromatic rings. The van der Waals surface area contributed by atoms with Crippen LogP contribution in [0.3, 0.4) is 0 Å². The van der Waals surface area contributed by atoms with Crippen LogP contribution in [-0.2, 0) is 22.4 Å². The average molecular weight is 592 g/mol. The van der Waals surface area contributed by atoms with E-state index in [1.807, 2.05) is 24.9 Å². The molecule has 0 saturated carbocycles. The van der Waals surface area contributed by atoms with Crippen LogP contribution in [0.5, 0.6) is 28.7 Å². The summed E-state index contributed by atoms with van der Waals surface area (Å²) in [6.07, 6.45) is 0.760. The molecular weight excluding hydrogens is 554 g/mol. The van der Waals surface area contributed by atoms with Gasteiger partial charge in [0, 0.05) is 41.3 Å². The summed E-state index contributed by atoms with van der Waals surface area (Å²) in [5, 5.41) is 25.5. The van der Waals surface area contributed by atoms with Gasteiger partial charge in [-0.05, 0) is 58.2 Å². The lowest BCUT2D eigenvalue weighted by Gasteiger charge is -2.57. The van der Waals surface area contributed by atoms with E-state index in [0.717, 1.165) is 16.7 Å². The van der Waals surface area contributed by atoms with Gasteiger partial charge in [0.05, 0.1) is 25.3 Å². The SMILES string of the molecule is COc1c(C)cc2c(c1O)[C@@H]1C3Cc4c(OC(C)=O)c(C)c5c(c4[C@H](NC(=O)[C@H](C)N)N3[C@@H](C#N)[C@H](CC2)N1C)OCO5. The molecule has 228 valence electrons. The van der Waals surface area contributed by atoms with Gasteiger partial charge in [-0.1, -0.05) is 6.07 Å². The first-order valence-corrected chi connectivity index (χ1v) is 14.5. The normalized spacial score (nSPS) is 26.2. The van der Waals surface area contributed by atoms with Gasteiger partial charge in [0.15, 0.2) is 23.0 Å². The number of nitrogens with one attached hydrogen (secondary N) is 1. The number of phenolic OH excluding ortho intramolecular Hbond substituents is 1. The van der Waals surface area contributed by atoms with Crippen LogP contribution in [0, 0.1) is 25.2 Å². The van der Waals surface area contributed by atoms with Gasteiger partial charge in [-0.3, -0.25) is 19.4 Å². The van der Waals surface area contributed by atoms with Crippen LogP contribution >= 0.6 is 0 Å². The quantitative estimate of drug-likeness (QED) is 0.354. The molecule has 4 aliphatic heterocycles. The highest BCUT2D eigenvalue weighted by Crippen LogP contribution is 2.57. The zero-order valence-electron chi connectivity index (χ0n) is 25.2. The summed E-state index contributed by atoms with van der Waals surface area (Å²) in [6, 6.07) is 2.03. The number of phenols is 1. The molecule has 1 saturated heterocycles. The van der Waals surface area contributed by atoms with Crippen molar-refractivity contribution in [3.63, 3.8) is 0 Å². The number of hydrogen-bond donors (Lipinski definition) is 3. The largest absolute Gasteiger partial charge is 0.504 e. The Morgan fingerprint density at radius 3 is 2.58 bits per heavy atom. The van der Waals surface area contributed by atoms with Crippen molar-refractivity contribution in [3.05, 3.63) is 39.4 Å². The number of piperazine rings is 1. The Hall–Kier alpha value is -4.05. The lowest BCUT2D eigenvalue weighted by molar-refractivity contribution is -0.132. The predicted molar refractivity (Wildman–Crippen MR) is 154 cm³/mol. The topological polar surface area (TPSA) is 160 Å². The minimum Gasteiger partial charge on any atom is -0.504 e. The fourth-order valence-electron chi connectivity index (χ4n) is 7.60. The van der Waals surface area contributed by atoms with Gasteiger partial charge in [0.25, 0.3) is 0 Å². The van der Waals surface area contributed by atoms with Gasteiger partial charge < -0.3 is 35.1 Å². The number of nitrogens with two attached hydrogens (primary N) is 1. The van der Waals surface area contributed by atoms with Crippen LogP contribution in [0.2, 0.25) is 0 Å². The van der Waals surface area contributed by atoms with Crippen LogP contribution < -0.4 is 30.0 Å². The van der Waals surface area contributed by atoms with Crippen molar-refractivity contribution < 1.29 is 33.6 Å². The van der Waals surface area contributed by atoms with E-state index >= 15 is 0 Å². The van der Waals surface area contributed by atoms with Crippen LogP contribution in [-0.4, -0.2) is 71.9 Å². The first-order chi connectivity index (χ1) is 20.5. The van der Waals surface area contributed by atoms with Crippen molar-refractivity contribution in [2.24, 2.45) is 5.73 Å². The Bertz CT molecular complexity index is 1570. The van der Waals surface area contributed by atoms with Gasteiger partial charge in [-0.15, -0.1) is 0 Å². The molecule has 6 rings (SSSR count). The fraction of sp³-hybridized carbons (Fsp3) is 0.516. The number of esters is 1. The van der Waals surface area contributed by atoms with Crippen molar-refractivity contribution in [1.82, 2.24) is 15.1 Å². The van der Waals surface area contributed by atoms with E-state index in [9.17, 15) is 20.0 Å². The smallest absolute Gasteiger partial charge is 0.308 e. The summed E-state index contributed by atoms with van der Waals surface area (Å²) in [7, 11) is 3.50. The summed E-state index contributed by atoms with van der Waals surface area (Å²) >= 11 is 0. The Balaban J connectivity index is 1.65. The maximum Gasteiger partial charge on any atom is 0.308 e. The summed E-state index contributed by atoms with van der Waals surface area (Å²) in [5.74, 6) is 0.748. The lowest BCUT2D eigenvalue weighted by atomic mass is 9.78. The third kappa shape index (κ3) is 4.29. The molecule has 4 heterocycles. The number of benzene rings is 2.